The number of halogens is 3. The van der Waals surface area contributed by atoms with Crippen molar-refractivity contribution in [1.82, 2.24) is 9.40 Å². The molecule has 1 heterocycles. The Morgan fingerprint density at radius 1 is 0.824 bits per heavy atom. The van der Waals surface area contributed by atoms with E-state index in [0.717, 1.165) is 33.8 Å². The van der Waals surface area contributed by atoms with Gasteiger partial charge in [-0.25, -0.2) is 0 Å². The maximum absolute atomic E-state index is 13.6. The number of aromatic nitrogens is 1. The summed E-state index contributed by atoms with van der Waals surface area (Å²) in [7, 11) is 0. The molecule has 4 aromatic carbocycles. The molecule has 0 aliphatic carbocycles. The Balaban J connectivity index is 1.64. The summed E-state index contributed by atoms with van der Waals surface area (Å²) in [4.78, 5) is 2.02. The first kappa shape index (κ1) is 22.1. The first-order valence-electron chi connectivity index (χ1n) is 10.2. The van der Waals surface area contributed by atoms with Gasteiger partial charge in [0.1, 0.15) is 0 Å². The molecule has 1 aromatic heterocycles. The number of anilines is 1. The van der Waals surface area contributed by atoms with Crippen molar-refractivity contribution >= 4 is 38.5 Å². The van der Waals surface area contributed by atoms with Crippen LogP contribution in [0.2, 0.25) is 0 Å². The minimum absolute atomic E-state index is 0.390. The number of alkyl halides is 3. The van der Waals surface area contributed by atoms with E-state index < -0.39 is 23.0 Å². The minimum atomic E-state index is -4.51. The second-order valence-electron chi connectivity index (χ2n) is 7.71. The maximum atomic E-state index is 13.6. The molecule has 1 atom stereocenters. The zero-order chi connectivity index (χ0) is 23.9. The van der Waals surface area contributed by atoms with E-state index in [9.17, 15) is 21.9 Å². The summed E-state index contributed by atoms with van der Waals surface area (Å²) in [5.41, 5.74) is 3.70. The topological polar surface area (TPSA) is 69.1 Å². The fourth-order valence-electron chi connectivity index (χ4n) is 4.02. The normalized spacial score (nSPS) is 12.8. The van der Waals surface area contributed by atoms with Crippen LogP contribution in [0.3, 0.4) is 0 Å². The summed E-state index contributed by atoms with van der Waals surface area (Å²) < 4.78 is 63.7. The van der Waals surface area contributed by atoms with Crippen LogP contribution in [0.15, 0.2) is 91.1 Å². The smallest absolute Gasteiger partial charge is 0.417 e. The van der Waals surface area contributed by atoms with Gasteiger partial charge in [-0.1, -0.05) is 48.5 Å². The molecule has 0 radical (unpaired) electrons. The number of hydrazine groups is 1. The highest BCUT2D eigenvalue weighted by Gasteiger charge is 2.33. The van der Waals surface area contributed by atoms with Crippen molar-refractivity contribution in [2.24, 2.45) is 0 Å². The number of nitrogens with zero attached hydrogens (tertiary/aromatic N) is 1. The molecule has 0 amide bonds. The average Bonchev–Trinajstić information content (AvgIpc) is 3.29. The summed E-state index contributed by atoms with van der Waals surface area (Å²) >= 11 is -2.51. The van der Waals surface area contributed by atoms with Gasteiger partial charge in [0, 0.05) is 28.8 Å². The van der Waals surface area contributed by atoms with Crippen molar-refractivity contribution in [1.29, 1.82) is 0 Å². The van der Waals surface area contributed by atoms with E-state index in [-0.39, 0.29) is 0 Å². The molecule has 5 rings (SSSR count). The van der Waals surface area contributed by atoms with Crippen LogP contribution in [0.25, 0.3) is 38.5 Å². The fraction of sp³-hybridized carbons (Fsp3) is 0.0400. The van der Waals surface area contributed by atoms with Crippen LogP contribution < -0.4 is 10.3 Å². The lowest BCUT2D eigenvalue weighted by Crippen LogP contribution is -2.23. The van der Waals surface area contributed by atoms with Gasteiger partial charge in [-0.2, -0.15) is 18.0 Å². The Bertz CT molecular complexity index is 1530. The van der Waals surface area contributed by atoms with Crippen LogP contribution in [0.4, 0.5) is 18.9 Å². The largest absolute Gasteiger partial charge is 0.759 e. The number of fused-ring (bicyclic) bond motifs is 3. The standard InChI is InChI=1S/C25H18F3N3O2S/c26-25(27,28)19-14-24(31(15-19)21-11-9-20(10-12-21)29-30-34(32)33)18-8-7-17-6-5-16-3-1-2-4-22(16)23(17)13-18/h1-15,29-30H,(H,32,33)/p-1. The maximum Gasteiger partial charge on any atom is 0.417 e. The van der Waals surface area contributed by atoms with Gasteiger partial charge in [0.15, 0.2) is 0 Å². The third-order valence-electron chi connectivity index (χ3n) is 5.61. The fourth-order valence-corrected chi connectivity index (χ4v) is 4.22. The van der Waals surface area contributed by atoms with Gasteiger partial charge >= 0.3 is 6.18 Å². The van der Waals surface area contributed by atoms with E-state index in [0.29, 0.717) is 22.6 Å². The van der Waals surface area contributed by atoms with Crippen LogP contribution in [0.5, 0.6) is 0 Å². The molecule has 1 unspecified atom stereocenters. The van der Waals surface area contributed by atoms with Gasteiger partial charge in [0.2, 0.25) is 0 Å². The van der Waals surface area contributed by atoms with Crippen molar-refractivity contribution in [2.45, 2.75) is 6.18 Å². The quantitative estimate of drug-likeness (QED) is 0.179. The first-order chi connectivity index (χ1) is 16.3. The van der Waals surface area contributed by atoms with Crippen LogP contribution in [-0.4, -0.2) is 13.3 Å². The molecule has 34 heavy (non-hydrogen) atoms. The Morgan fingerprint density at radius 2 is 1.50 bits per heavy atom. The van der Waals surface area contributed by atoms with Crippen LogP contribution in [0.1, 0.15) is 5.56 Å². The molecule has 5 nitrogen and oxygen atoms in total. The number of hydrogen-bond acceptors (Lipinski definition) is 3. The van der Waals surface area contributed by atoms with Gasteiger partial charge in [-0.15, -0.1) is 0 Å². The Labute approximate surface area is 195 Å². The molecular weight excluding hydrogens is 463 g/mol. The Kier molecular flexibility index (Phi) is 5.60. The van der Waals surface area contributed by atoms with Crippen LogP contribution in [0, 0.1) is 0 Å². The van der Waals surface area contributed by atoms with E-state index >= 15 is 0 Å². The minimum Gasteiger partial charge on any atom is -0.759 e. The molecule has 5 aromatic rings. The summed E-state index contributed by atoms with van der Waals surface area (Å²) in [6, 6.07) is 25.0. The van der Waals surface area contributed by atoms with Crippen LogP contribution in [-0.2, 0) is 17.4 Å². The van der Waals surface area contributed by atoms with Gasteiger partial charge in [0.25, 0.3) is 0 Å². The van der Waals surface area contributed by atoms with E-state index in [1.165, 1.54) is 4.57 Å². The van der Waals surface area contributed by atoms with Crippen molar-refractivity contribution < 1.29 is 21.9 Å². The van der Waals surface area contributed by atoms with Gasteiger partial charge in [-0.3, -0.25) is 4.21 Å². The average molecular weight is 480 g/mol. The lowest BCUT2D eigenvalue weighted by Gasteiger charge is -2.13. The molecule has 172 valence electrons. The van der Waals surface area contributed by atoms with Crippen LogP contribution >= 0.6 is 0 Å². The highest BCUT2D eigenvalue weighted by atomic mass is 32.2. The molecule has 0 saturated carbocycles. The lowest BCUT2D eigenvalue weighted by molar-refractivity contribution is -0.137. The molecule has 0 saturated heterocycles. The zero-order valence-electron chi connectivity index (χ0n) is 17.5. The molecular formula is C25H17F3N3O2S-. The predicted octanol–water partition coefficient (Wildman–Crippen LogP) is 6.18. The summed E-state index contributed by atoms with van der Waals surface area (Å²) in [5.74, 6) is 0. The first-order valence-corrected chi connectivity index (χ1v) is 11.3. The number of rotatable bonds is 5. The molecule has 0 bridgehead atoms. The van der Waals surface area contributed by atoms with Gasteiger partial charge in [-0.05, 0) is 63.5 Å². The molecule has 0 fully saturated rings. The predicted molar refractivity (Wildman–Crippen MR) is 127 cm³/mol. The molecule has 0 aliphatic rings. The summed E-state index contributed by atoms with van der Waals surface area (Å²) in [5, 5.41) is 4.02. The third-order valence-corrected chi connectivity index (χ3v) is 5.88. The molecule has 2 N–H and O–H groups in total. The van der Waals surface area contributed by atoms with Crippen molar-refractivity contribution in [3.05, 3.63) is 96.7 Å². The van der Waals surface area contributed by atoms with Crippen molar-refractivity contribution in [3.63, 3.8) is 0 Å². The monoisotopic (exact) mass is 480 g/mol. The summed E-state index contributed by atoms with van der Waals surface area (Å²) in [6.45, 7) is 0. The third kappa shape index (κ3) is 4.28. The van der Waals surface area contributed by atoms with E-state index in [2.05, 4.69) is 5.43 Å². The second kappa shape index (κ2) is 8.60. The SMILES string of the molecule is O=S([O-])NNc1ccc(-n2cc(C(F)(F)F)cc2-c2ccc3ccc4ccccc4c3c2)cc1. The Morgan fingerprint density at radius 3 is 2.21 bits per heavy atom. The number of hydrogen-bond donors (Lipinski definition) is 2. The van der Waals surface area contributed by atoms with Gasteiger partial charge in [0.05, 0.1) is 11.3 Å². The number of nitrogens with one attached hydrogen (secondary N) is 2. The Hall–Kier alpha value is -3.66. The second-order valence-corrected chi connectivity index (χ2v) is 8.39. The van der Waals surface area contributed by atoms with Gasteiger partial charge < -0.3 is 14.5 Å². The molecule has 0 spiro atoms. The zero-order valence-corrected chi connectivity index (χ0v) is 18.3. The molecule has 9 heteroatoms. The highest BCUT2D eigenvalue weighted by Crippen LogP contribution is 2.37. The number of benzene rings is 4. The van der Waals surface area contributed by atoms with E-state index in [1.807, 2.05) is 59.4 Å². The lowest BCUT2D eigenvalue weighted by atomic mass is 9.99. The molecule has 0 aliphatic heterocycles. The summed E-state index contributed by atoms with van der Waals surface area (Å²) in [6.07, 6.45) is -3.44. The van der Waals surface area contributed by atoms with E-state index in [4.69, 9.17) is 0 Å². The van der Waals surface area contributed by atoms with Crippen molar-refractivity contribution in [3.8, 4) is 16.9 Å². The van der Waals surface area contributed by atoms with Crippen molar-refractivity contribution in [2.75, 3.05) is 5.43 Å². The highest BCUT2D eigenvalue weighted by molar-refractivity contribution is 7.77. The van der Waals surface area contributed by atoms with E-state index in [1.54, 1.807) is 24.3 Å².